The smallest absolute Gasteiger partial charge is 0.193 e. The predicted octanol–water partition coefficient (Wildman–Crippen LogP) is 2.70. The van der Waals surface area contributed by atoms with Crippen LogP contribution < -0.4 is 5.32 Å². The molecular formula is C14H27N2O+. The van der Waals surface area contributed by atoms with Gasteiger partial charge in [-0.2, -0.15) is 0 Å². The highest BCUT2D eigenvalue weighted by Crippen LogP contribution is 2.25. The van der Waals surface area contributed by atoms with Gasteiger partial charge in [0.2, 0.25) is 0 Å². The predicted molar refractivity (Wildman–Crippen MR) is 71.8 cm³/mol. The van der Waals surface area contributed by atoms with Crippen molar-refractivity contribution in [2.24, 2.45) is 0 Å². The van der Waals surface area contributed by atoms with Gasteiger partial charge >= 0.3 is 0 Å². The number of nitrogens with zero attached hydrogens (tertiary/aromatic N) is 1. The molecule has 0 aromatic carbocycles. The molecule has 0 radical (unpaired) electrons. The Balaban J connectivity index is 2.42. The molecule has 0 aromatic heterocycles. The Morgan fingerprint density at radius 2 is 2.24 bits per heavy atom. The van der Waals surface area contributed by atoms with Gasteiger partial charge in [-0.25, -0.2) is 0 Å². The fraction of sp³-hybridized carbons (Fsp3) is 0.714. The first-order chi connectivity index (χ1) is 8.17. The summed E-state index contributed by atoms with van der Waals surface area (Å²) in [5, 5.41) is 13.4. The highest BCUT2D eigenvalue weighted by atomic mass is 16.3. The van der Waals surface area contributed by atoms with E-state index in [4.69, 9.17) is 0 Å². The summed E-state index contributed by atoms with van der Waals surface area (Å²) < 4.78 is 0.656. The first kappa shape index (κ1) is 14.3. The molecule has 3 nitrogen and oxygen atoms in total. The van der Waals surface area contributed by atoms with Gasteiger partial charge in [-0.3, -0.25) is 4.48 Å². The van der Waals surface area contributed by atoms with Gasteiger partial charge in [0.15, 0.2) is 12.4 Å². The highest BCUT2D eigenvalue weighted by Gasteiger charge is 2.40. The van der Waals surface area contributed by atoms with Crippen molar-refractivity contribution >= 4 is 0 Å². The number of unbranched alkanes of at least 4 members (excludes halogenated alkanes) is 2. The number of rotatable bonds is 7. The van der Waals surface area contributed by atoms with Crippen LogP contribution in [0.5, 0.6) is 0 Å². The summed E-state index contributed by atoms with van der Waals surface area (Å²) in [6, 6.07) is 0. The third-order valence-corrected chi connectivity index (χ3v) is 3.80. The van der Waals surface area contributed by atoms with Gasteiger partial charge < -0.3 is 10.4 Å². The van der Waals surface area contributed by atoms with Crippen LogP contribution in [0.25, 0.3) is 0 Å². The van der Waals surface area contributed by atoms with E-state index in [0.717, 1.165) is 19.4 Å². The minimum atomic E-state index is -0.341. The van der Waals surface area contributed by atoms with E-state index in [9.17, 15) is 5.11 Å². The molecule has 0 bridgehead atoms. The van der Waals surface area contributed by atoms with Crippen LogP contribution >= 0.6 is 0 Å². The van der Waals surface area contributed by atoms with Gasteiger partial charge in [-0.05, 0) is 33.1 Å². The molecule has 0 saturated carbocycles. The number of nitrogens with one attached hydrogen (secondary N) is 1. The van der Waals surface area contributed by atoms with Crippen molar-refractivity contribution in [3.8, 4) is 0 Å². The van der Waals surface area contributed by atoms with Gasteiger partial charge in [0.25, 0.3) is 0 Å². The molecule has 3 heteroatoms. The zero-order valence-electron chi connectivity index (χ0n) is 11.4. The van der Waals surface area contributed by atoms with E-state index in [1.54, 1.807) is 0 Å². The summed E-state index contributed by atoms with van der Waals surface area (Å²) in [7, 11) is 0. The first-order valence-electron chi connectivity index (χ1n) is 6.77. The van der Waals surface area contributed by atoms with Crippen molar-refractivity contribution in [1.82, 2.24) is 5.32 Å². The molecule has 17 heavy (non-hydrogen) atoms. The highest BCUT2D eigenvalue weighted by molar-refractivity contribution is 4.85. The largest absolute Gasteiger partial charge is 0.345 e. The lowest BCUT2D eigenvalue weighted by Crippen LogP contribution is -2.57. The fourth-order valence-corrected chi connectivity index (χ4v) is 2.60. The molecule has 0 fully saturated rings. The second kappa shape index (κ2) is 6.82. The van der Waals surface area contributed by atoms with Crippen molar-refractivity contribution in [2.75, 3.05) is 6.54 Å². The van der Waals surface area contributed by atoms with E-state index in [1.165, 1.54) is 12.8 Å². The Morgan fingerprint density at radius 1 is 1.47 bits per heavy atom. The zero-order chi connectivity index (χ0) is 12.7. The molecule has 0 amide bonds. The monoisotopic (exact) mass is 239 g/mol. The van der Waals surface area contributed by atoms with Crippen LogP contribution in [0.4, 0.5) is 0 Å². The van der Waals surface area contributed by atoms with Gasteiger partial charge in [-0.1, -0.05) is 12.2 Å². The molecule has 98 valence electrons. The van der Waals surface area contributed by atoms with Crippen LogP contribution in [0.1, 0.15) is 46.5 Å². The Hall–Kier alpha value is -0.800. The molecular weight excluding hydrogens is 212 g/mol. The number of aliphatic hydroxyl groups excluding tert-OH is 1. The van der Waals surface area contributed by atoms with E-state index in [-0.39, 0.29) is 6.23 Å². The first-order valence-corrected chi connectivity index (χ1v) is 6.77. The molecule has 3 unspecified atom stereocenters. The topological polar surface area (TPSA) is 32.3 Å². The average Bonchev–Trinajstić information content (AvgIpc) is 2.73. The average molecular weight is 239 g/mol. The summed E-state index contributed by atoms with van der Waals surface area (Å²) in [5.74, 6) is 0. The Morgan fingerprint density at radius 3 is 2.82 bits per heavy atom. The summed E-state index contributed by atoms with van der Waals surface area (Å²) in [4.78, 5) is 0. The number of hydrogen-bond donors (Lipinski definition) is 2. The molecule has 0 aromatic rings. The molecule has 0 spiro atoms. The Kier molecular flexibility index (Phi) is 5.72. The normalized spacial score (nSPS) is 29.8. The number of allylic oxidation sites excluding steroid dienone is 2. The van der Waals surface area contributed by atoms with Crippen molar-refractivity contribution in [3.05, 3.63) is 24.6 Å². The maximum atomic E-state index is 9.98. The van der Waals surface area contributed by atoms with Crippen molar-refractivity contribution in [3.63, 3.8) is 0 Å². The third-order valence-electron chi connectivity index (χ3n) is 3.80. The van der Waals surface area contributed by atoms with E-state index >= 15 is 0 Å². The zero-order valence-corrected chi connectivity index (χ0v) is 11.4. The molecule has 0 aliphatic carbocycles. The maximum Gasteiger partial charge on any atom is 0.193 e. The second-order valence-corrected chi connectivity index (χ2v) is 4.79. The molecule has 1 aliphatic heterocycles. The number of hydrogen-bond acceptors (Lipinski definition) is 2. The standard InChI is InChI=1S/C14H27N2O/c1-4-6-7-8-9-10-14-15-11-12-16(14,5-2)13(3)17/h4,6,11-15,17H,5,7-10H2,1-3H3/q+1/b6-4+. The third kappa shape index (κ3) is 3.33. The molecule has 2 N–H and O–H groups in total. The fourth-order valence-electron chi connectivity index (χ4n) is 2.60. The summed E-state index contributed by atoms with van der Waals surface area (Å²) in [6.45, 7) is 7.01. The lowest BCUT2D eigenvalue weighted by molar-refractivity contribution is -0.942. The van der Waals surface area contributed by atoms with Gasteiger partial charge in [0.05, 0.1) is 12.7 Å². The van der Waals surface area contributed by atoms with Gasteiger partial charge in [-0.15, -0.1) is 0 Å². The van der Waals surface area contributed by atoms with Crippen LogP contribution in [-0.2, 0) is 0 Å². The van der Waals surface area contributed by atoms with Gasteiger partial charge in [0.1, 0.15) is 6.20 Å². The molecule has 3 atom stereocenters. The summed E-state index contributed by atoms with van der Waals surface area (Å²) >= 11 is 0. The lowest BCUT2D eigenvalue weighted by atomic mass is 10.1. The number of quaternary nitrogens is 1. The summed E-state index contributed by atoms with van der Waals surface area (Å²) in [5.41, 5.74) is 0. The van der Waals surface area contributed by atoms with Crippen molar-refractivity contribution in [1.29, 1.82) is 0 Å². The second-order valence-electron chi connectivity index (χ2n) is 4.79. The molecule has 0 saturated heterocycles. The minimum absolute atomic E-state index is 0.339. The van der Waals surface area contributed by atoms with Crippen molar-refractivity contribution < 1.29 is 9.59 Å². The van der Waals surface area contributed by atoms with Crippen molar-refractivity contribution in [2.45, 2.75) is 58.8 Å². The maximum absolute atomic E-state index is 9.98. The van der Waals surface area contributed by atoms with E-state index in [2.05, 4.69) is 37.5 Å². The van der Waals surface area contributed by atoms with Crippen LogP contribution in [0.15, 0.2) is 24.6 Å². The Labute approximate surface area is 105 Å². The lowest BCUT2D eigenvalue weighted by Gasteiger charge is -2.39. The minimum Gasteiger partial charge on any atom is -0.345 e. The SMILES string of the molecule is C/C=C/CCCCC1NC=C[N+]1(CC)C(C)O. The Bertz CT molecular complexity index is 273. The number of aliphatic hydroxyl groups is 1. The van der Waals surface area contributed by atoms with E-state index < -0.39 is 0 Å². The van der Waals surface area contributed by atoms with Gasteiger partial charge in [0, 0.05) is 13.3 Å². The van der Waals surface area contributed by atoms with E-state index in [1.807, 2.05) is 13.1 Å². The quantitative estimate of drug-likeness (QED) is 0.407. The molecule has 1 aliphatic rings. The van der Waals surface area contributed by atoms with E-state index in [0.29, 0.717) is 10.6 Å². The van der Waals surface area contributed by atoms with Crippen LogP contribution in [-0.4, -0.2) is 28.5 Å². The molecule has 1 rings (SSSR count). The van der Waals surface area contributed by atoms with Crippen LogP contribution in [0.2, 0.25) is 0 Å². The van der Waals surface area contributed by atoms with Crippen LogP contribution in [0.3, 0.4) is 0 Å². The summed E-state index contributed by atoms with van der Waals surface area (Å²) in [6.07, 6.45) is 13.1. The van der Waals surface area contributed by atoms with Crippen LogP contribution in [0, 0.1) is 0 Å². The molecule has 1 heterocycles.